The molecule has 2 unspecified atom stereocenters. The Morgan fingerprint density at radius 3 is 1.95 bits per heavy atom. The van der Waals surface area contributed by atoms with Crippen LogP contribution in [0, 0.1) is 0 Å². The van der Waals surface area contributed by atoms with Crippen LogP contribution in [0.1, 0.15) is 89.6 Å². The van der Waals surface area contributed by atoms with Gasteiger partial charge in [0.15, 0.2) is 0 Å². The zero-order valence-electron chi connectivity index (χ0n) is 36.5. The van der Waals surface area contributed by atoms with Crippen LogP contribution in [0.4, 0.5) is 17.1 Å². The fraction of sp³-hybridized carbons (Fsp3) is 0.143. The summed E-state index contributed by atoms with van der Waals surface area (Å²) in [5.74, 6) is 0. The molecular formula is C63H49N. The number of rotatable bonds is 6. The van der Waals surface area contributed by atoms with Gasteiger partial charge in [-0.05, 0) is 139 Å². The smallest absolute Gasteiger partial charge is 0.0716 e. The van der Waals surface area contributed by atoms with Gasteiger partial charge in [-0.2, -0.15) is 0 Å². The molecule has 64 heavy (non-hydrogen) atoms. The summed E-state index contributed by atoms with van der Waals surface area (Å²) in [5, 5.41) is 2.46. The van der Waals surface area contributed by atoms with E-state index < -0.39 is 10.8 Å². The van der Waals surface area contributed by atoms with Crippen LogP contribution >= 0.6 is 0 Å². The minimum atomic E-state index is -0.636. The summed E-state index contributed by atoms with van der Waals surface area (Å²) in [4.78, 5) is 2.54. The van der Waals surface area contributed by atoms with E-state index in [0.29, 0.717) is 0 Å². The second kappa shape index (κ2) is 13.9. The second-order valence-electron chi connectivity index (χ2n) is 18.9. The van der Waals surface area contributed by atoms with Crippen LogP contribution in [0.3, 0.4) is 0 Å². The number of allylic oxidation sites excluding steroid dienone is 8. The molecule has 0 heterocycles. The highest BCUT2D eigenvalue weighted by Crippen LogP contribution is 2.66. The lowest BCUT2D eigenvalue weighted by atomic mass is 9.51. The lowest BCUT2D eigenvalue weighted by molar-refractivity contribution is 0.622. The summed E-state index contributed by atoms with van der Waals surface area (Å²) in [7, 11) is 0. The second-order valence-corrected chi connectivity index (χ2v) is 18.9. The number of anilines is 3. The monoisotopic (exact) mass is 819 g/mol. The molecule has 0 saturated heterocycles. The van der Waals surface area contributed by atoms with Crippen molar-refractivity contribution < 1.29 is 0 Å². The molecule has 0 bridgehead atoms. The van der Waals surface area contributed by atoms with E-state index in [-0.39, 0.29) is 5.41 Å². The third-order valence-electron chi connectivity index (χ3n) is 15.4. The third-order valence-corrected chi connectivity index (χ3v) is 15.4. The quantitative estimate of drug-likeness (QED) is 0.162. The summed E-state index contributed by atoms with van der Waals surface area (Å²) in [6.07, 6.45) is 16.6. The van der Waals surface area contributed by atoms with E-state index in [2.05, 4.69) is 231 Å². The first-order chi connectivity index (χ1) is 31.5. The number of benzene rings is 8. The molecule has 0 spiro atoms. The first-order valence-corrected chi connectivity index (χ1v) is 23.2. The Bertz CT molecular complexity index is 3370. The maximum atomic E-state index is 2.54. The van der Waals surface area contributed by atoms with Gasteiger partial charge in [0.1, 0.15) is 0 Å². The van der Waals surface area contributed by atoms with Crippen molar-refractivity contribution >= 4 is 33.4 Å². The van der Waals surface area contributed by atoms with E-state index in [0.717, 1.165) is 31.4 Å². The predicted octanol–water partition coefficient (Wildman–Crippen LogP) is 16.0. The van der Waals surface area contributed by atoms with Crippen molar-refractivity contribution in [1.29, 1.82) is 0 Å². The SMILES string of the molecule is CC1(C)C2=CCCC=C2c2ccc(N(c3cccc(C4(c5ccccc5)c5ccccc5C5(C6=CCCC=C6)c6ccccc6-c6cccc4c65)c3)c3cccc4ccccc34)cc21. The molecule has 306 valence electrons. The van der Waals surface area contributed by atoms with E-state index in [1.807, 2.05) is 0 Å². The Morgan fingerprint density at radius 1 is 0.438 bits per heavy atom. The van der Waals surface area contributed by atoms with Crippen LogP contribution in [-0.2, 0) is 16.2 Å². The van der Waals surface area contributed by atoms with Gasteiger partial charge in [0.05, 0.1) is 16.5 Å². The Labute approximate surface area is 377 Å². The summed E-state index contributed by atoms with van der Waals surface area (Å²) in [6, 6.07) is 69.6. The first-order valence-electron chi connectivity index (χ1n) is 23.2. The van der Waals surface area contributed by atoms with Gasteiger partial charge in [0.2, 0.25) is 0 Å². The van der Waals surface area contributed by atoms with E-state index >= 15 is 0 Å². The lowest BCUT2D eigenvalue weighted by Gasteiger charge is -2.50. The average molecular weight is 820 g/mol. The molecule has 0 N–H and O–H groups in total. The van der Waals surface area contributed by atoms with E-state index in [9.17, 15) is 0 Å². The number of hydrogen-bond acceptors (Lipinski definition) is 1. The van der Waals surface area contributed by atoms with Crippen molar-refractivity contribution in [3.8, 4) is 11.1 Å². The van der Waals surface area contributed by atoms with Crippen molar-refractivity contribution in [2.45, 2.75) is 55.8 Å². The Morgan fingerprint density at radius 2 is 1.09 bits per heavy atom. The van der Waals surface area contributed by atoms with Crippen molar-refractivity contribution in [3.05, 3.63) is 274 Å². The molecule has 8 aromatic carbocycles. The Hall–Kier alpha value is -7.22. The largest absolute Gasteiger partial charge is 0.310 e. The van der Waals surface area contributed by atoms with Crippen molar-refractivity contribution in [1.82, 2.24) is 0 Å². The van der Waals surface area contributed by atoms with Crippen LogP contribution < -0.4 is 4.90 Å². The van der Waals surface area contributed by atoms with Gasteiger partial charge in [-0.15, -0.1) is 0 Å². The predicted molar refractivity (Wildman–Crippen MR) is 267 cm³/mol. The molecule has 5 aliphatic rings. The lowest BCUT2D eigenvalue weighted by Crippen LogP contribution is -2.44. The van der Waals surface area contributed by atoms with E-state index in [1.165, 1.54) is 100 Å². The van der Waals surface area contributed by atoms with Crippen molar-refractivity contribution in [3.63, 3.8) is 0 Å². The molecule has 2 atom stereocenters. The van der Waals surface area contributed by atoms with E-state index in [1.54, 1.807) is 0 Å². The molecule has 8 aromatic rings. The molecule has 1 nitrogen and oxygen atoms in total. The van der Waals surface area contributed by atoms with Crippen LogP contribution in [-0.4, -0.2) is 0 Å². The highest BCUT2D eigenvalue weighted by molar-refractivity contribution is 6.00. The fourth-order valence-corrected chi connectivity index (χ4v) is 12.9. The molecule has 0 saturated carbocycles. The van der Waals surface area contributed by atoms with Crippen LogP contribution in [0.25, 0.3) is 27.5 Å². The molecule has 1 heteroatoms. The maximum Gasteiger partial charge on any atom is 0.0716 e. The average Bonchev–Trinajstić information content (AvgIpc) is 3.79. The van der Waals surface area contributed by atoms with Gasteiger partial charge in [-0.3, -0.25) is 0 Å². The Kier molecular flexibility index (Phi) is 8.10. The number of fused-ring (bicyclic) bond motifs is 9. The van der Waals surface area contributed by atoms with Crippen LogP contribution in [0.15, 0.2) is 224 Å². The highest BCUT2D eigenvalue weighted by atomic mass is 15.1. The minimum absolute atomic E-state index is 0.0895. The zero-order valence-corrected chi connectivity index (χ0v) is 36.5. The summed E-state index contributed by atoms with van der Waals surface area (Å²) >= 11 is 0. The Balaban J connectivity index is 1.11. The van der Waals surface area contributed by atoms with Crippen molar-refractivity contribution in [2.24, 2.45) is 0 Å². The fourth-order valence-electron chi connectivity index (χ4n) is 12.9. The van der Waals surface area contributed by atoms with Gasteiger partial charge in [0, 0.05) is 22.2 Å². The molecule has 5 aliphatic carbocycles. The van der Waals surface area contributed by atoms with Gasteiger partial charge >= 0.3 is 0 Å². The molecular weight excluding hydrogens is 771 g/mol. The molecule has 0 fully saturated rings. The first kappa shape index (κ1) is 37.3. The van der Waals surface area contributed by atoms with Gasteiger partial charge in [0.25, 0.3) is 0 Å². The topological polar surface area (TPSA) is 3.24 Å². The van der Waals surface area contributed by atoms with Gasteiger partial charge in [-0.1, -0.05) is 196 Å². The van der Waals surface area contributed by atoms with Gasteiger partial charge < -0.3 is 4.90 Å². The molecule has 13 rings (SSSR count). The summed E-state index contributed by atoms with van der Waals surface area (Å²) < 4.78 is 0. The van der Waals surface area contributed by atoms with E-state index in [4.69, 9.17) is 0 Å². The third kappa shape index (κ3) is 4.90. The van der Waals surface area contributed by atoms with Crippen LogP contribution in [0.2, 0.25) is 0 Å². The maximum absolute atomic E-state index is 2.54. The molecule has 0 amide bonds. The van der Waals surface area contributed by atoms with Crippen molar-refractivity contribution in [2.75, 3.05) is 4.90 Å². The zero-order chi connectivity index (χ0) is 42.6. The van der Waals surface area contributed by atoms with Gasteiger partial charge in [-0.25, -0.2) is 0 Å². The normalized spacial score (nSPS) is 20.6. The standard InChI is InChI=1S/C63H49N/c1-61(2)53-32-13-11-29-49(53)51-39-38-47(41-58(51)61)64(59-37-17-21-42-20-9-10-28-48(42)59)46-27-18-26-45(40-46)62(43-22-5-3-6-23-43)55-34-15-16-35-56(55)63(44-24-7-4-8-25-44)54-33-14-12-30-50(54)52-31-19-36-57(62)60(52)63/h3,5-7,9-10,12,14-41H,4,8,11,13H2,1-2H3. The highest BCUT2D eigenvalue weighted by Gasteiger charge is 2.58. The number of hydrogen-bond donors (Lipinski definition) is 0. The summed E-state index contributed by atoms with van der Waals surface area (Å²) in [6.45, 7) is 4.83. The summed E-state index contributed by atoms with van der Waals surface area (Å²) in [5.41, 5.74) is 21.4. The molecule has 0 radical (unpaired) electrons. The molecule has 0 aromatic heterocycles. The molecule has 0 aliphatic heterocycles. The minimum Gasteiger partial charge on any atom is -0.310 e. The van der Waals surface area contributed by atoms with Crippen LogP contribution in [0.5, 0.6) is 0 Å². The number of nitrogens with zero attached hydrogens (tertiary/aromatic N) is 1.